The average Bonchev–Trinajstić information content (AvgIpc) is 2.54. The van der Waals surface area contributed by atoms with Crippen molar-refractivity contribution in [1.82, 2.24) is 5.32 Å². The molecule has 0 amide bonds. The van der Waals surface area contributed by atoms with Crippen LogP contribution in [0.4, 0.5) is 0 Å². The Morgan fingerprint density at radius 1 is 0.905 bits per heavy atom. The first kappa shape index (κ1) is 14.1. The van der Waals surface area contributed by atoms with Crippen LogP contribution in [0.2, 0.25) is 5.02 Å². The van der Waals surface area contributed by atoms with Crippen molar-refractivity contribution in [3.8, 4) is 11.1 Å². The van der Waals surface area contributed by atoms with E-state index in [4.69, 9.17) is 11.6 Å². The molecule has 0 aliphatic heterocycles. The molecular formula is C19H18ClN. The van der Waals surface area contributed by atoms with Gasteiger partial charge in [0.05, 0.1) is 0 Å². The van der Waals surface area contributed by atoms with Gasteiger partial charge in [-0.2, -0.15) is 0 Å². The number of hydrogen-bond donors (Lipinski definition) is 1. The van der Waals surface area contributed by atoms with Gasteiger partial charge < -0.3 is 5.32 Å². The second-order valence-corrected chi connectivity index (χ2v) is 5.53. The van der Waals surface area contributed by atoms with Crippen molar-refractivity contribution in [2.24, 2.45) is 0 Å². The molecule has 0 aliphatic rings. The molecule has 3 rings (SSSR count). The van der Waals surface area contributed by atoms with Crippen LogP contribution in [0, 0.1) is 0 Å². The number of benzene rings is 3. The van der Waals surface area contributed by atoms with Crippen LogP contribution in [0.25, 0.3) is 21.9 Å². The topological polar surface area (TPSA) is 12.0 Å². The average molecular weight is 296 g/mol. The molecular weight excluding hydrogens is 278 g/mol. The zero-order valence-electron chi connectivity index (χ0n) is 12.1. The summed E-state index contributed by atoms with van der Waals surface area (Å²) < 4.78 is 0. The van der Waals surface area contributed by atoms with Gasteiger partial charge in [-0.3, -0.25) is 0 Å². The van der Waals surface area contributed by atoms with Gasteiger partial charge in [-0.05, 0) is 40.8 Å². The first-order valence-corrected chi connectivity index (χ1v) is 7.64. The minimum Gasteiger partial charge on any atom is -0.313 e. The van der Waals surface area contributed by atoms with Crippen LogP contribution in [-0.2, 0) is 6.54 Å². The SMILES string of the molecule is CCNCc1cccc(-c2ccc(Cl)c3ccccc23)c1. The number of rotatable bonds is 4. The maximum Gasteiger partial charge on any atom is 0.0484 e. The number of fused-ring (bicyclic) bond motifs is 1. The molecule has 1 N–H and O–H groups in total. The lowest BCUT2D eigenvalue weighted by Crippen LogP contribution is -2.11. The zero-order valence-corrected chi connectivity index (χ0v) is 12.8. The van der Waals surface area contributed by atoms with Gasteiger partial charge in [0.1, 0.15) is 0 Å². The molecule has 21 heavy (non-hydrogen) atoms. The monoisotopic (exact) mass is 295 g/mol. The van der Waals surface area contributed by atoms with Crippen LogP contribution in [0.15, 0.2) is 60.7 Å². The van der Waals surface area contributed by atoms with Gasteiger partial charge in [-0.25, -0.2) is 0 Å². The summed E-state index contributed by atoms with van der Waals surface area (Å²) in [6.07, 6.45) is 0. The van der Waals surface area contributed by atoms with Gasteiger partial charge in [-0.15, -0.1) is 0 Å². The Bertz CT molecular complexity index is 764. The lowest BCUT2D eigenvalue weighted by Gasteiger charge is -2.10. The first-order chi connectivity index (χ1) is 10.3. The third kappa shape index (κ3) is 2.94. The fourth-order valence-electron chi connectivity index (χ4n) is 2.63. The summed E-state index contributed by atoms with van der Waals surface area (Å²) in [5.41, 5.74) is 3.76. The Labute approximate surface area is 130 Å². The molecule has 0 heterocycles. The highest BCUT2D eigenvalue weighted by molar-refractivity contribution is 6.36. The van der Waals surface area contributed by atoms with Crippen molar-refractivity contribution in [1.29, 1.82) is 0 Å². The second kappa shape index (κ2) is 6.30. The largest absolute Gasteiger partial charge is 0.313 e. The van der Waals surface area contributed by atoms with Gasteiger partial charge in [0.25, 0.3) is 0 Å². The van der Waals surface area contributed by atoms with E-state index >= 15 is 0 Å². The summed E-state index contributed by atoms with van der Waals surface area (Å²) in [5.74, 6) is 0. The van der Waals surface area contributed by atoms with Crippen molar-refractivity contribution >= 4 is 22.4 Å². The Kier molecular flexibility index (Phi) is 4.23. The van der Waals surface area contributed by atoms with Crippen LogP contribution in [0.3, 0.4) is 0 Å². The third-order valence-corrected chi connectivity index (χ3v) is 4.02. The van der Waals surface area contributed by atoms with E-state index in [2.05, 4.69) is 60.8 Å². The predicted molar refractivity (Wildman–Crippen MR) is 91.8 cm³/mol. The normalized spacial score (nSPS) is 11.0. The van der Waals surface area contributed by atoms with Crippen LogP contribution < -0.4 is 5.32 Å². The Balaban J connectivity index is 2.10. The van der Waals surface area contributed by atoms with Gasteiger partial charge in [0.15, 0.2) is 0 Å². The van der Waals surface area contributed by atoms with E-state index in [-0.39, 0.29) is 0 Å². The molecule has 0 atom stereocenters. The van der Waals surface area contributed by atoms with E-state index in [1.165, 1.54) is 22.1 Å². The maximum atomic E-state index is 6.31. The molecule has 2 heteroatoms. The highest BCUT2D eigenvalue weighted by atomic mass is 35.5. The quantitative estimate of drug-likeness (QED) is 0.691. The van der Waals surface area contributed by atoms with E-state index in [1.807, 2.05) is 12.1 Å². The summed E-state index contributed by atoms with van der Waals surface area (Å²) in [5, 5.41) is 6.48. The Hall–Kier alpha value is -1.83. The molecule has 0 saturated heterocycles. The molecule has 0 radical (unpaired) electrons. The molecule has 106 valence electrons. The number of nitrogens with one attached hydrogen (secondary N) is 1. The molecule has 3 aromatic carbocycles. The minimum atomic E-state index is 0.804. The summed E-state index contributed by atoms with van der Waals surface area (Å²) in [7, 11) is 0. The fourth-order valence-corrected chi connectivity index (χ4v) is 2.86. The van der Waals surface area contributed by atoms with Crippen molar-refractivity contribution in [3.05, 3.63) is 71.2 Å². The number of halogens is 1. The van der Waals surface area contributed by atoms with Crippen molar-refractivity contribution < 1.29 is 0 Å². The molecule has 0 saturated carbocycles. The first-order valence-electron chi connectivity index (χ1n) is 7.27. The molecule has 0 spiro atoms. The molecule has 0 bridgehead atoms. The fraction of sp³-hybridized carbons (Fsp3) is 0.158. The molecule has 0 fully saturated rings. The molecule has 0 aromatic heterocycles. The third-order valence-electron chi connectivity index (χ3n) is 3.69. The predicted octanol–water partition coefficient (Wildman–Crippen LogP) is 5.27. The summed E-state index contributed by atoms with van der Waals surface area (Å²) in [6, 6.07) is 21.1. The van der Waals surface area contributed by atoms with E-state index in [9.17, 15) is 0 Å². The number of hydrogen-bond acceptors (Lipinski definition) is 1. The summed E-state index contributed by atoms with van der Waals surface area (Å²) in [6.45, 7) is 4.00. The maximum absolute atomic E-state index is 6.31. The summed E-state index contributed by atoms with van der Waals surface area (Å²) in [4.78, 5) is 0. The van der Waals surface area contributed by atoms with Crippen LogP contribution >= 0.6 is 11.6 Å². The highest BCUT2D eigenvalue weighted by Gasteiger charge is 2.06. The van der Waals surface area contributed by atoms with Crippen LogP contribution in [0.1, 0.15) is 12.5 Å². The van der Waals surface area contributed by atoms with Gasteiger partial charge in [-0.1, -0.05) is 67.1 Å². The van der Waals surface area contributed by atoms with E-state index in [1.54, 1.807) is 0 Å². The standard InChI is InChI=1S/C19H18ClN/c1-2-21-13-14-6-5-7-15(12-14)16-10-11-19(20)18-9-4-3-8-17(16)18/h3-12,21H,2,13H2,1H3. The van der Waals surface area contributed by atoms with Crippen molar-refractivity contribution in [2.45, 2.75) is 13.5 Å². The molecule has 0 unspecified atom stereocenters. The lowest BCUT2D eigenvalue weighted by atomic mass is 9.97. The smallest absolute Gasteiger partial charge is 0.0484 e. The zero-order chi connectivity index (χ0) is 14.7. The van der Waals surface area contributed by atoms with E-state index in [0.29, 0.717) is 0 Å². The van der Waals surface area contributed by atoms with E-state index < -0.39 is 0 Å². The Morgan fingerprint density at radius 3 is 2.52 bits per heavy atom. The van der Waals surface area contributed by atoms with Crippen molar-refractivity contribution in [2.75, 3.05) is 6.54 Å². The minimum absolute atomic E-state index is 0.804. The summed E-state index contributed by atoms with van der Waals surface area (Å²) >= 11 is 6.31. The van der Waals surface area contributed by atoms with Crippen LogP contribution in [-0.4, -0.2) is 6.54 Å². The van der Waals surface area contributed by atoms with Gasteiger partial charge >= 0.3 is 0 Å². The molecule has 3 aromatic rings. The molecule has 1 nitrogen and oxygen atoms in total. The molecule has 0 aliphatic carbocycles. The lowest BCUT2D eigenvalue weighted by molar-refractivity contribution is 0.727. The highest BCUT2D eigenvalue weighted by Crippen LogP contribution is 2.33. The van der Waals surface area contributed by atoms with Gasteiger partial charge in [0.2, 0.25) is 0 Å². The van der Waals surface area contributed by atoms with E-state index in [0.717, 1.165) is 23.5 Å². The van der Waals surface area contributed by atoms with Gasteiger partial charge in [0, 0.05) is 17.0 Å². The Morgan fingerprint density at radius 2 is 1.71 bits per heavy atom. The van der Waals surface area contributed by atoms with Crippen molar-refractivity contribution in [3.63, 3.8) is 0 Å². The van der Waals surface area contributed by atoms with Crippen LogP contribution in [0.5, 0.6) is 0 Å². The second-order valence-electron chi connectivity index (χ2n) is 5.12.